The van der Waals surface area contributed by atoms with Gasteiger partial charge in [0.15, 0.2) is 0 Å². The topological polar surface area (TPSA) is 55.6 Å². The van der Waals surface area contributed by atoms with E-state index in [2.05, 4.69) is 0 Å². The Bertz CT molecular complexity index is 526. The van der Waals surface area contributed by atoms with E-state index in [1.807, 2.05) is 4.90 Å². The summed E-state index contributed by atoms with van der Waals surface area (Å²) in [4.78, 5) is 15.1. The van der Waals surface area contributed by atoms with Crippen molar-refractivity contribution in [2.45, 2.75) is 37.1 Å². The van der Waals surface area contributed by atoms with Gasteiger partial charge in [-0.15, -0.1) is 0 Å². The van der Waals surface area contributed by atoms with Gasteiger partial charge in [-0.1, -0.05) is 12.1 Å². The van der Waals surface area contributed by atoms with Crippen LogP contribution in [0.15, 0.2) is 24.3 Å². The Morgan fingerprint density at radius 1 is 1.27 bits per heavy atom. The number of benzene rings is 1. The molecule has 2 heterocycles. The molecule has 2 N–H and O–H groups in total. The van der Waals surface area contributed by atoms with Crippen molar-refractivity contribution in [3.05, 3.63) is 35.6 Å². The molecule has 5 heteroatoms. The van der Waals surface area contributed by atoms with Crippen molar-refractivity contribution in [2.24, 2.45) is 5.73 Å². The number of likely N-dealkylation sites (tertiary alicyclic amines) is 1. The minimum Gasteiger partial charge on any atom is -0.381 e. The van der Waals surface area contributed by atoms with Crippen LogP contribution in [0.1, 0.15) is 31.2 Å². The van der Waals surface area contributed by atoms with Crippen LogP contribution < -0.4 is 5.73 Å². The van der Waals surface area contributed by atoms with Crippen molar-refractivity contribution in [3.63, 3.8) is 0 Å². The molecule has 120 valence electrons. The number of rotatable bonds is 2. The lowest BCUT2D eigenvalue weighted by molar-refractivity contribution is -0.142. The predicted molar refractivity (Wildman–Crippen MR) is 81.9 cm³/mol. The number of hydrogen-bond donors (Lipinski definition) is 1. The quantitative estimate of drug-likeness (QED) is 0.907. The third kappa shape index (κ3) is 2.88. The Balaban J connectivity index is 1.91. The lowest BCUT2D eigenvalue weighted by Gasteiger charge is -2.42. The van der Waals surface area contributed by atoms with Crippen molar-refractivity contribution in [1.29, 1.82) is 0 Å². The van der Waals surface area contributed by atoms with Crippen LogP contribution in [0.25, 0.3) is 0 Å². The van der Waals surface area contributed by atoms with Gasteiger partial charge in [-0.2, -0.15) is 0 Å². The summed E-state index contributed by atoms with van der Waals surface area (Å²) in [5.74, 6) is -0.157. The smallest absolute Gasteiger partial charge is 0.233 e. The maximum atomic E-state index is 13.2. The highest BCUT2D eigenvalue weighted by Crippen LogP contribution is 2.37. The number of nitrogens with zero attached hydrogens (tertiary/aromatic N) is 1. The lowest BCUT2D eigenvalue weighted by atomic mass is 9.72. The standard InChI is InChI=1S/C17H23FN2O2/c18-14-5-3-13(4-6-14)17(7-10-22-11-8-17)16(21)20-9-1-2-15(19)12-20/h3-6,15H,1-2,7-12,19H2. The Morgan fingerprint density at radius 3 is 2.59 bits per heavy atom. The molecule has 1 atom stereocenters. The van der Waals surface area contributed by atoms with Gasteiger partial charge < -0.3 is 15.4 Å². The first-order valence-corrected chi connectivity index (χ1v) is 8.00. The van der Waals surface area contributed by atoms with E-state index in [0.29, 0.717) is 32.6 Å². The molecule has 1 unspecified atom stereocenters. The van der Waals surface area contributed by atoms with Crippen LogP contribution in [0.3, 0.4) is 0 Å². The molecule has 0 radical (unpaired) electrons. The van der Waals surface area contributed by atoms with Gasteiger partial charge in [0, 0.05) is 32.3 Å². The number of halogens is 1. The second-order valence-electron chi connectivity index (χ2n) is 6.35. The van der Waals surface area contributed by atoms with Gasteiger partial charge in [0.05, 0.1) is 5.41 Å². The van der Waals surface area contributed by atoms with Gasteiger partial charge >= 0.3 is 0 Å². The number of nitrogens with two attached hydrogens (primary N) is 1. The first-order valence-electron chi connectivity index (χ1n) is 8.00. The molecule has 2 saturated heterocycles. The van der Waals surface area contributed by atoms with E-state index < -0.39 is 5.41 Å². The molecule has 0 saturated carbocycles. The van der Waals surface area contributed by atoms with Crippen LogP contribution in [0.2, 0.25) is 0 Å². The van der Waals surface area contributed by atoms with Crippen LogP contribution in [0, 0.1) is 5.82 Å². The van der Waals surface area contributed by atoms with Gasteiger partial charge in [0.25, 0.3) is 0 Å². The second kappa shape index (κ2) is 6.34. The van der Waals surface area contributed by atoms with E-state index in [1.165, 1.54) is 12.1 Å². The van der Waals surface area contributed by atoms with Crippen molar-refractivity contribution in [3.8, 4) is 0 Å². The van der Waals surface area contributed by atoms with E-state index in [4.69, 9.17) is 10.5 Å². The largest absolute Gasteiger partial charge is 0.381 e. The molecule has 1 amide bonds. The second-order valence-corrected chi connectivity index (χ2v) is 6.35. The zero-order valence-electron chi connectivity index (χ0n) is 12.8. The number of carbonyl (C=O) groups is 1. The lowest BCUT2D eigenvalue weighted by Crippen LogP contribution is -2.54. The van der Waals surface area contributed by atoms with Crippen molar-refractivity contribution in [2.75, 3.05) is 26.3 Å². The summed E-state index contributed by atoms with van der Waals surface area (Å²) in [6.07, 6.45) is 3.20. The third-order valence-electron chi connectivity index (χ3n) is 4.90. The highest BCUT2D eigenvalue weighted by atomic mass is 19.1. The average molecular weight is 306 g/mol. The molecular formula is C17H23FN2O2. The van der Waals surface area contributed by atoms with Crippen LogP contribution in [-0.4, -0.2) is 43.2 Å². The molecule has 2 aliphatic heterocycles. The Kier molecular flexibility index (Phi) is 4.45. The summed E-state index contributed by atoms with van der Waals surface area (Å²) in [5, 5.41) is 0. The zero-order valence-corrected chi connectivity index (χ0v) is 12.8. The monoisotopic (exact) mass is 306 g/mol. The molecule has 2 aliphatic rings. The van der Waals surface area contributed by atoms with Crippen LogP contribution >= 0.6 is 0 Å². The van der Waals surface area contributed by atoms with Crippen molar-refractivity contribution < 1.29 is 13.9 Å². The SMILES string of the molecule is NC1CCCN(C(=O)C2(c3ccc(F)cc3)CCOCC2)C1. The highest BCUT2D eigenvalue weighted by Gasteiger charge is 2.44. The minimum absolute atomic E-state index is 0.0582. The summed E-state index contributed by atoms with van der Waals surface area (Å²) in [6, 6.07) is 6.40. The Morgan fingerprint density at radius 2 is 1.95 bits per heavy atom. The van der Waals surface area contributed by atoms with Gasteiger partial charge in [-0.3, -0.25) is 4.79 Å². The molecule has 4 nitrogen and oxygen atoms in total. The molecule has 1 aromatic rings. The number of amides is 1. The molecule has 0 aliphatic carbocycles. The Hall–Kier alpha value is -1.46. The van der Waals surface area contributed by atoms with Gasteiger partial charge in [-0.05, 0) is 43.4 Å². The van der Waals surface area contributed by atoms with Gasteiger partial charge in [0.1, 0.15) is 5.82 Å². The van der Waals surface area contributed by atoms with Crippen molar-refractivity contribution in [1.82, 2.24) is 4.90 Å². The molecular weight excluding hydrogens is 283 g/mol. The fourth-order valence-corrected chi connectivity index (χ4v) is 3.61. The average Bonchev–Trinajstić information content (AvgIpc) is 2.55. The van der Waals surface area contributed by atoms with Gasteiger partial charge in [-0.25, -0.2) is 4.39 Å². The summed E-state index contributed by atoms with van der Waals surface area (Å²) >= 11 is 0. The predicted octanol–water partition coefficient (Wildman–Crippen LogP) is 1.82. The fourth-order valence-electron chi connectivity index (χ4n) is 3.61. The number of piperidine rings is 1. The van der Waals surface area contributed by atoms with Gasteiger partial charge in [0.2, 0.25) is 5.91 Å². The summed E-state index contributed by atoms with van der Waals surface area (Å²) in [7, 11) is 0. The molecule has 2 fully saturated rings. The minimum atomic E-state index is -0.594. The molecule has 22 heavy (non-hydrogen) atoms. The maximum absolute atomic E-state index is 13.2. The van der Waals surface area contributed by atoms with Crippen molar-refractivity contribution >= 4 is 5.91 Å². The van der Waals surface area contributed by atoms with E-state index in [9.17, 15) is 9.18 Å². The summed E-state index contributed by atoms with van der Waals surface area (Å²) in [6.45, 7) is 2.49. The van der Waals surface area contributed by atoms with Crippen LogP contribution in [0.4, 0.5) is 4.39 Å². The molecule has 0 bridgehead atoms. The number of ether oxygens (including phenoxy) is 1. The molecule has 1 aromatic carbocycles. The maximum Gasteiger partial charge on any atom is 0.233 e. The van der Waals surface area contributed by atoms with E-state index in [1.54, 1.807) is 12.1 Å². The Labute approximate surface area is 130 Å². The van der Waals surface area contributed by atoms with E-state index >= 15 is 0 Å². The summed E-state index contributed by atoms with van der Waals surface area (Å²) in [5.41, 5.74) is 6.32. The van der Waals surface area contributed by atoms with Crippen LogP contribution in [-0.2, 0) is 14.9 Å². The molecule has 0 spiro atoms. The summed E-state index contributed by atoms with van der Waals surface area (Å²) < 4.78 is 18.7. The number of hydrogen-bond acceptors (Lipinski definition) is 3. The van der Waals surface area contributed by atoms with Crippen LogP contribution in [0.5, 0.6) is 0 Å². The fraction of sp³-hybridized carbons (Fsp3) is 0.588. The number of carbonyl (C=O) groups excluding carboxylic acids is 1. The first kappa shape index (κ1) is 15.4. The highest BCUT2D eigenvalue weighted by molar-refractivity contribution is 5.88. The molecule has 0 aromatic heterocycles. The van der Waals surface area contributed by atoms with E-state index in [0.717, 1.165) is 24.9 Å². The first-order chi connectivity index (χ1) is 10.6. The van der Waals surface area contributed by atoms with E-state index in [-0.39, 0.29) is 17.8 Å². The molecule has 3 rings (SSSR count). The zero-order chi connectivity index (χ0) is 15.6. The third-order valence-corrected chi connectivity index (χ3v) is 4.90. The normalized spacial score (nSPS) is 25.0.